The van der Waals surface area contributed by atoms with Gasteiger partial charge in [0.2, 0.25) is 17.6 Å². The second-order valence-corrected chi connectivity index (χ2v) is 10.9. The van der Waals surface area contributed by atoms with Gasteiger partial charge in [0, 0.05) is 13.0 Å². The molecule has 4 aliphatic rings. The second-order valence-electron chi connectivity index (χ2n) is 9.62. The first-order valence-corrected chi connectivity index (χ1v) is 12.1. The largest absolute Gasteiger partial charge is 0.502 e. The molecule has 37 heavy (non-hydrogen) atoms. The van der Waals surface area contributed by atoms with Crippen molar-refractivity contribution in [3.8, 4) is 17.2 Å². The van der Waals surface area contributed by atoms with Gasteiger partial charge in [0.1, 0.15) is 0 Å². The van der Waals surface area contributed by atoms with Gasteiger partial charge in [-0.15, -0.1) is 23.2 Å². The normalized spacial score (nSPS) is 34.7. The average molecular weight is 552 g/mol. The van der Waals surface area contributed by atoms with Crippen molar-refractivity contribution < 1.29 is 38.6 Å². The Labute approximate surface area is 221 Å². The lowest BCUT2D eigenvalue weighted by atomic mass is 9.56. The monoisotopic (exact) mass is 551 g/mol. The summed E-state index contributed by atoms with van der Waals surface area (Å²) < 4.78 is 10.6. The number of primary amides is 1. The van der Waals surface area contributed by atoms with Crippen molar-refractivity contribution in [1.29, 1.82) is 0 Å². The molecule has 13 heteroatoms. The van der Waals surface area contributed by atoms with Crippen LogP contribution in [0, 0.1) is 17.8 Å². The number of nitrogens with zero attached hydrogens (tertiary/aromatic N) is 2. The first-order valence-electron chi connectivity index (χ1n) is 11.4. The standard InChI is InChI=1S/C24H23Cl2N3O8/c1-28-20(33)23(25)8-12-10(4-5-11-15(12)19(32)29(18(11)31)22(27)35)16(24(23,26)21(28)34)9-6-13(36-2)17(30)14(7-9)37-3/h4,6-7,11-12,15-16,30H,5,8H2,1-3H3,(H2,27,35). The molecule has 2 heterocycles. The van der Waals surface area contributed by atoms with Crippen LogP contribution in [-0.4, -0.2) is 75.6 Å². The molecule has 5 rings (SSSR count). The number of methoxy groups -OCH3 is 2. The minimum Gasteiger partial charge on any atom is -0.502 e. The number of carbonyl (C=O) groups is 5. The highest BCUT2D eigenvalue weighted by atomic mass is 35.5. The number of hydrogen-bond donors (Lipinski definition) is 2. The number of urea groups is 1. The molecule has 3 fully saturated rings. The van der Waals surface area contributed by atoms with E-state index < -0.39 is 63.1 Å². The minimum absolute atomic E-state index is 0.0170. The van der Waals surface area contributed by atoms with Crippen LogP contribution in [0.5, 0.6) is 17.2 Å². The van der Waals surface area contributed by atoms with Crippen molar-refractivity contribution >= 4 is 52.9 Å². The van der Waals surface area contributed by atoms with E-state index in [4.69, 9.17) is 38.4 Å². The third kappa shape index (κ3) is 2.98. The topological polar surface area (TPSA) is 157 Å². The predicted molar refractivity (Wildman–Crippen MR) is 128 cm³/mol. The van der Waals surface area contributed by atoms with Gasteiger partial charge in [-0.05, 0) is 36.5 Å². The molecule has 0 bridgehead atoms. The molecule has 196 valence electrons. The predicted octanol–water partition coefficient (Wildman–Crippen LogP) is 1.48. The fraction of sp³-hybridized carbons (Fsp3) is 0.458. The molecule has 0 radical (unpaired) electrons. The second kappa shape index (κ2) is 8.09. The van der Waals surface area contributed by atoms with Gasteiger partial charge >= 0.3 is 6.03 Å². The van der Waals surface area contributed by atoms with Crippen LogP contribution in [0.4, 0.5) is 4.79 Å². The summed E-state index contributed by atoms with van der Waals surface area (Å²) >= 11 is 14.1. The SMILES string of the molecule is COc1cc(C2C3=CCC4C(=O)N(C(N)=O)C(=O)C4C3CC3(Cl)C(=O)N(C)C(=O)C23Cl)cc(OC)c1O. The Balaban J connectivity index is 1.77. The average Bonchev–Trinajstić information content (AvgIpc) is 3.19. The highest BCUT2D eigenvalue weighted by Crippen LogP contribution is 2.65. The summed E-state index contributed by atoms with van der Waals surface area (Å²) in [6.07, 6.45) is 1.55. The maximum absolute atomic E-state index is 13.6. The van der Waals surface area contributed by atoms with Crippen LogP contribution >= 0.6 is 23.2 Å². The van der Waals surface area contributed by atoms with E-state index in [0.29, 0.717) is 16.0 Å². The summed E-state index contributed by atoms with van der Waals surface area (Å²) in [7, 11) is 3.92. The number of ether oxygens (including phenoxy) is 2. The number of rotatable bonds is 3. The molecule has 6 amide bonds. The Bertz CT molecular complexity index is 1310. The van der Waals surface area contributed by atoms with Crippen LogP contribution < -0.4 is 15.2 Å². The number of amides is 6. The van der Waals surface area contributed by atoms with Gasteiger partial charge in [0.15, 0.2) is 21.2 Å². The van der Waals surface area contributed by atoms with Crippen LogP contribution in [0.25, 0.3) is 0 Å². The number of imide groups is 4. The maximum Gasteiger partial charge on any atom is 0.328 e. The Kier molecular flexibility index (Phi) is 5.54. The highest BCUT2D eigenvalue weighted by Gasteiger charge is 2.76. The minimum atomic E-state index is -2.02. The number of carbonyl (C=O) groups excluding carboxylic acids is 5. The van der Waals surface area contributed by atoms with Gasteiger partial charge < -0.3 is 20.3 Å². The molecule has 1 aromatic carbocycles. The molecule has 0 aromatic heterocycles. The van der Waals surface area contributed by atoms with E-state index >= 15 is 0 Å². The number of phenolic OH excluding ortho intramolecular Hbond substituents is 1. The Morgan fingerprint density at radius 1 is 1.05 bits per heavy atom. The number of halogens is 2. The third-order valence-electron chi connectivity index (χ3n) is 8.07. The van der Waals surface area contributed by atoms with E-state index in [-0.39, 0.29) is 30.1 Å². The summed E-state index contributed by atoms with van der Waals surface area (Å²) in [6.45, 7) is 0. The number of likely N-dealkylation sites (tertiary alicyclic amines) is 2. The Morgan fingerprint density at radius 2 is 1.65 bits per heavy atom. The van der Waals surface area contributed by atoms with Crippen molar-refractivity contribution in [3.63, 3.8) is 0 Å². The maximum atomic E-state index is 13.6. The lowest BCUT2D eigenvalue weighted by Gasteiger charge is -2.50. The van der Waals surface area contributed by atoms with Crippen molar-refractivity contribution in [2.75, 3.05) is 21.3 Å². The number of phenols is 1. The lowest BCUT2D eigenvalue weighted by Crippen LogP contribution is -2.60. The number of alkyl halides is 2. The molecule has 11 nitrogen and oxygen atoms in total. The van der Waals surface area contributed by atoms with Gasteiger partial charge in [-0.3, -0.25) is 24.1 Å². The number of allylic oxidation sites excluding steroid dienone is 2. The molecule has 6 atom stereocenters. The van der Waals surface area contributed by atoms with Crippen molar-refractivity contribution in [3.05, 3.63) is 29.3 Å². The molecule has 3 N–H and O–H groups in total. The fourth-order valence-electron chi connectivity index (χ4n) is 6.42. The van der Waals surface area contributed by atoms with Crippen LogP contribution in [-0.2, 0) is 19.2 Å². The van der Waals surface area contributed by atoms with Gasteiger partial charge in [0.25, 0.3) is 11.8 Å². The van der Waals surface area contributed by atoms with Crippen molar-refractivity contribution in [1.82, 2.24) is 9.80 Å². The molecule has 6 unspecified atom stereocenters. The number of nitrogens with two attached hydrogens (primary N) is 1. The number of fused-ring (bicyclic) bond motifs is 4. The van der Waals surface area contributed by atoms with Gasteiger partial charge in [0.05, 0.1) is 26.1 Å². The van der Waals surface area contributed by atoms with Gasteiger partial charge in [-0.25, -0.2) is 4.79 Å². The summed E-state index contributed by atoms with van der Waals surface area (Å²) in [4.78, 5) is 62.3. The highest BCUT2D eigenvalue weighted by molar-refractivity contribution is 6.53. The van der Waals surface area contributed by atoms with Gasteiger partial charge in [-0.1, -0.05) is 11.6 Å². The Hall–Kier alpha value is -3.31. The molecule has 1 saturated carbocycles. The van der Waals surface area contributed by atoms with Crippen molar-refractivity contribution in [2.45, 2.75) is 28.5 Å². The summed E-state index contributed by atoms with van der Waals surface area (Å²) in [5, 5.41) is 10.5. The molecule has 0 spiro atoms. The van der Waals surface area contributed by atoms with E-state index in [1.54, 1.807) is 6.08 Å². The van der Waals surface area contributed by atoms with Crippen LogP contribution in [0.2, 0.25) is 0 Å². The first-order chi connectivity index (χ1) is 17.3. The van der Waals surface area contributed by atoms with E-state index in [9.17, 15) is 29.1 Å². The molecule has 2 aliphatic carbocycles. The van der Waals surface area contributed by atoms with E-state index in [1.165, 1.54) is 33.4 Å². The van der Waals surface area contributed by atoms with Crippen LogP contribution in [0.1, 0.15) is 24.3 Å². The van der Waals surface area contributed by atoms with Crippen LogP contribution in [0.15, 0.2) is 23.8 Å². The Morgan fingerprint density at radius 3 is 2.19 bits per heavy atom. The molecular formula is C24H23Cl2N3O8. The lowest BCUT2D eigenvalue weighted by molar-refractivity contribution is -0.139. The molecule has 2 aliphatic heterocycles. The number of aromatic hydroxyl groups is 1. The van der Waals surface area contributed by atoms with Crippen molar-refractivity contribution in [2.24, 2.45) is 23.5 Å². The summed E-state index contributed by atoms with van der Waals surface area (Å²) in [5.41, 5.74) is 6.15. The third-order valence-corrected chi connectivity index (χ3v) is 9.48. The number of benzene rings is 1. The van der Waals surface area contributed by atoms with Gasteiger partial charge in [-0.2, -0.15) is 4.90 Å². The summed E-state index contributed by atoms with van der Waals surface area (Å²) in [5.74, 6) is -7.07. The van der Waals surface area contributed by atoms with E-state index in [2.05, 4.69) is 0 Å². The molecule has 2 saturated heterocycles. The number of hydrogen-bond acceptors (Lipinski definition) is 8. The molecular weight excluding hydrogens is 529 g/mol. The quantitative estimate of drug-likeness (QED) is 0.325. The molecule has 1 aromatic rings. The zero-order valence-corrected chi connectivity index (χ0v) is 21.5. The zero-order chi connectivity index (χ0) is 27.2. The fourth-order valence-corrected chi connectivity index (χ4v) is 7.44. The van der Waals surface area contributed by atoms with E-state index in [0.717, 1.165) is 4.90 Å². The zero-order valence-electron chi connectivity index (χ0n) is 20.0. The van der Waals surface area contributed by atoms with E-state index in [1.807, 2.05) is 0 Å². The van der Waals surface area contributed by atoms with Crippen LogP contribution in [0.3, 0.4) is 0 Å². The first kappa shape index (κ1) is 25.3. The smallest absolute Gasteiger partial charge is 0.328 e. The summed E-state index contributed by atoms with van der Waals surface area (Å²) in [6, 6.07) is 1.71.